The lowest BCUT2D eigenvalue weighted by molar-refractivity contribution is -0.146. The van der Waals surface area contributed by atoms with Crippen molar-refractivity contribution in [2.45, 2.75) is 78.5 Å². The molecule has 0 saturated carbocycles. The third-order valence-corrected chi connectivity index (χ3v) is 8.99. The van der Waals surface area contributed by atoms with Crippen molar-refractivity contribution in [1.29, 1.82) is 0 Å². The number of benzene rings is 2. The number of nitrogens with zero attached hydrogens (tertiary/aromatic N) is 2. The topological polar surface area (TPSA) is 142 Å². The molecule has 3 heterocycles. The van der Waals surface area contributed by atoms with Gasteiger partial charge in [0, 0.05) is 31.4 Å². The Morgan fingerprint density at radius 2 is 1.71 bits per heavy atom. The lowest BCUT2D eigenvalue weighted by Crippen LogP contribution is -2.50. The number of pyridine rings is 1. The number of nitrogens with one attached hydrogen (secondary N) is 4. The number of alkyl carbamates (subject to hydrolysis) is 1. The van der Waals surface area contributed by atoms with Crippen LogP contribution in [0.3, 0.4) is 0 Å². The van der Waals surface area contributed by atoms with Gasteiger partial charge in [-0.05, 0) is 99.1 Å². The first-order valence-electron chi connectivity index (χ1n) is 16.6. The Kier molecular flexibility index (Phi) is 10.8. The molecule has 254 valence electrons. The van der Waals surface area contributed by atoms with Gasteiger partial charge in [-0.1, -0.05) is 43.3 Å². The molecule has 48 heavy (non-hydrogen) atoms. The number of hydrogen-bond acceptors (Lipinski definition) is 7. The Balaban J connectivity index is 1.35. The Labute approximate surface area is 282 Å². The number of fused-ring (bicyclic) bond motifs is 2. The average Bonchev–Trinajstić information content (AvgIpc) is 3.04. The maximum absolute atomic E-state index is 14.4. The summed E-state index contributed by atoms with van der Waals surface area (Å²) in [5.41, 5.74) is 3.74. The maximum Gasteiger partial charge on any atom is 0.407 e. The SMILES string of the molecule is CCC1(C(=O)N(CC(=O)Nc2ccc3c(c2)CC(=O)Nc2ncccc2C3)Cc2ccccc2CNC(=O)OC(C)(C)C)CCNCC1. The lowest BCUT2D eigenvalue weighted by Gasteiger charge is -2.39. The van der Waals surface area contributed by atoms with Crippen LogP contribution in [-0.4, -0.2) is 58.9 Å². The zero-order valence-electron chi connectivity index (χ0n) is 28.3. The number of amides is 4. The summed E-state index contributed by atoms with van der Waals surface area (Å²) in [5.74, 6) is -0.00439. The summed E-state index contributed by atoms with van der Waals surface area (Å²) >= 11 is 0. The van der Waals surface area contributed by atoms with Gasteiger partial charge in [0.25, 0.3) is 0 Å². The predicted octanol–water partition coefficient (Wildman–Crippen LogP) is 4.94. The molecule has 2 aromatic carbocycles. The van der Waals surface area contributed by atoms with Gasteiger partial charge in [-0.3, -0.25) is 14.4 Å². The van der Waals surface area contributed by atoms with Gasteiger partial charge in [0.15, 0.2) is 0 Å². The van der Waals surface area contributed by atoms with Crippen molar-refractivity contribution in [2.24, 2.45) is 5.41 Å². The van der Waals surface area contributed by atoms with Crippen LogP contribution in [0, 0.1) is 5.41 Å². The maximum atomic E-state index is 14.4. The molecule has 0 aliphatic carbocycles. The van der Waals surface area contributed by atoms with Gasteiger partial charge in [-0.15, -0.1) is 0 Å². The molecule has 3 aromatic rings. The van der Waals surface area contributed by atoms with Gasteiger partial charge in [-0.2, -0.15) is 0 Å². The van der Waals surface area contributed by atoms with Crippen LogP contribution in [0.5, 0.6) is 0 Å². The molecule has 4 N–H and O–H groups in total. The summed E-state index contributed by atoms with van der Waals surface area (Å²) < 4.78 is 5.41. The van der Waals surface area contributed by atoms with Crippen molar-refractivity contribution in [2.75, 3.05) is 30.3 Å². The molecule has 0 spiro atoms. The Bertz CT molecular complexity index is 1660. The number of piperidine rings is 1. The zero-order chi connectivity index (χ0) is 34.3. The molecule has 11 heteroatoms. The number of hydrogen-bond donors (Lipinski definition) is 4. The summed E-state index contributed by atoms with van der Waals surface area (Å²) in [4.78, 5) is 59.1. The van der Waals surface area contributed by atoms with Gasteiger partial charge < -0.3 is 30.9 Å². The van der Waals surface area contributed by atoms with E-state index in [1.807, 2.05) is 61.5 Å². The number of carbonyl (C=O) groups is 4. The van der Waals surface area contributed by atoms with E-state index < -0.39 is 17.1 Å². The summed E-state index contributed by atoms with van der Waals surface area (Å²) in [6.07, 6.45) is 3.92. The molecular weight excluding hydrogens is 608 g/mol. The molecule has 2 aliphatic rings. The molecule has 0 bridgehead atoms. The molecule has 0 atom stereocenters. The fraction of sp³-hybridized carbons (Fsp3) is 0.432. The van der Waals surface area contributed by atoms with E-state index in [-0.39, 0.29) is 43.8 Å². The predicted molar refractivity (Wildman–Crippen MR) is 184 cm³/mol. The Hall–Kier alpha value is -4.77. The van der Waals surface area contributed by atoms with Crippen LogP contribution in [0.15, 0.2) is 60.8 Å². The van der Waals surface area contributed by atoms with E-state index in [2.05, 4.69) is 26.3 Å². The second-order valence-electron chi connectivity index (χ2n) is 13.6. The van der Waals surface area contributed by atoms with E-state index in [1.165, 1.54) is 0 Å². The van der Waals surface area contributed by atoms with E-state index in [1.54, 1.807) is 31.9 Å². The number of aromatic nitrogens is 1. The van der Waals surface area contributed by atoms with Crippen LogP contribution in [0.2, 0.25) is 0 Å². The van der Waals surface area contributed by atoms with E-state index in [4.69, 9.17) is 4.74 Å². The van der Waals surface area contributed by atoms with Gasteiger partial charge in [0.05, 0.1) is 11.8 Å². The first-order valence-corrected chi connectivity index (χ1v) is 16.6. The third kappa shape index (κ3) is 8.77. The van der Waals surface area contributed by atoms with Crippen molar-refractivity contribution in [3.8, 4) is 0 Å². The number of ether oxygens (including phenoxy) is 1. The van der Waals surface area contributed by atoms with Crippen molar-refractivity contribution in [3.05, 3.63) is 88.6 Å². The van der Waals surface area contributed by atoms with Crippen molar-refractivity contribution >= 4 is 35.3 Å². The minimum atomic E-state index is -0.630. The first kappa shape index (κ1) is 34.6. The fourth-order valence-electron chi connectivity index (χ4n) is 6.39. The molecule has 1 saturated heterocycles. The minimum absolute atomic E-state index is 0.0568. The standard InChI is InChI=1S/C37H46N6O5/c1-5-37(14-17-38-18-15-37)34(46)43(23-28-10-7-6-9-27(28)22-40-35(47)48-36(2,3)4)24-32(45)41-30-13-12-25-19-26-11-8-16-39-33(26)42-31(44)21-29(25)20-30/h6-13,16,20,38H,5,14-15,17-19,21-24H2,1-4H3,(H,40,47)(H,41,45)(H,39,42,44). The molecule has 5 rings (SSSR count). The van der Waals surface area contributed by atoms with E-state index >= 15 is 0 Å². The highest BCUT2D eigenvalue weighted by Crippen LogP contribution is 2.35. The molecular formula is C37H46N6O5. The average molecular weight is 655 g/mol. The van der Waals surface area contributed by atoms with Crippen LogP contribution in [-0.2, 0) is 45.1 Å². The summed E-state index contributed by atoms with van der Waals surface area (Å²) in [6.45, 7) is 9.18. The molecule has 4 amide bonds. The molecule has 11 nitrogen and oxygen atoms in total. The first-order chi connectivity index (χ1) is 22.9. The summed E-state index contributed by atoms with van der Waals surface area (Å²) in [7, 11) is 0. The molecule has 1 fully saturated rings. The van der Waals surface area contributed by atoms with Crippen LogP contribution in [0.1, 0.15) is 74.8 Å². The van der Waals surface area contributed by atoms with Crippen molar-refractivity contribution < 1.29 is 23.9 Å². The molecule has 2 aliphatic heterocycles. The number of carbonyl (C=O) groups excluding carboxylic acids is 4. The highest BCUT2D eigenvalue weighted by molar-refractivity contribution is 5.96. The van der Waals surface area contributed by atoms with Crippen LogP contribution < -0.4 is 21.3 Å². The number of rotatable bonds is 9. The molecule has 1 aromatic heterocycles. The summed E-state index contributed by atoms with van der Waals surface area (Å²) in [6, 6.07) is 17.0. The third-order valence-electron chi connectivity index (χ3n) is 8.99. The van der Waals surface area contributed by atoms with Crippen molar-refractivity contribution in [3.63, 3.8) is 0 Å². The lowest BCUT2D eigenvalue weighted by atomic mass is 9.75. The monoisotopic (exact) mass is 654 g/mol. The second-order valence-corrected chi connectivity index (χ2v) is 13.6. The quantitative estimate of drug-likeness (QED) is 0.256. The zero-order valence-corrected chi connectivity index (χ0v) is 28.3. The smallest absolute Gasteiger partial charge is 0.407 e. The largest absolute Gasteiger partial charge is 0.444 e. The van der Waals surface area contributed by atoms with Gasteiger partial charge in [0.2, 0.25) is 17.7 Å². The van der Waals surface area contributed by atoms with Gasteiger partial charge in [-0.25, -0.2) is 9.78 Å². The van der Waals surface area contributed by atoms with Gasteiger partial charge >= 0.3 is 6.09 Å². The van der Waals surface area contributed by atoms with Crippen LogP contribution in [0.25, 0.3) is 0 Å². The van der Waals surface area contributed by atoms with E-state index in [0.29, 0.717) is 37.2 Å². The molecule has 0 radical (unpaired) electrons. The fourth-order valence-corrected chi connectivity index (χ4v) is 6.39. The van der Waals surface area contributed by atoms with E-state index in [9.17, 15) is 19.2 Å². The Morgan fingerprint density at radius 3 is 2.44 bits per heavy atom. The number of anilines is 2. The summed E-state index contributed by atoms with van der Waals surface area (Å²) in [5, 5.41) is 12.0. The normalized spacial score (nSPS) is 15.5. The molecule has 0 unspecified atom stereocenters. The van der Waals surface area contributed by atoms with Gasteiger partial charge in [0.1, 0.15) is 18.0 Å². The Morgan fingerprint density at radius 1 is 0.958 bits per heavy atom. The highest BCUT2D eigenvalue weighted by atomic mass is 16.6. The highest BCUT2D eigenvalue weighted by Gasteiger charge is 2.41. The van der Waals surface area contributed by atoms with E-state index in [0.717, 1.165) is 40.9 Å². The second kappa shape index (κ2) is 15.0. The van der Waals surface area contributed by atoms with Crippen molar-refractivity contribution in [1.82, 2.24) is 20.5 Å². The van der Waals surface area contributed by atoms with Crippen LogP contribution in [0.4, 0.5) is 16.3 Å². The minimum Gasteiger partial charge on any atom is -0.444 e. The van der Waals surface area contributed by atoms with Crippen LogP contribution >= 0.6 is 0 Å².